The highest BCUT2D eigenvalue weighted by atomic mass is 35.5. The molecule has 6 nitrogen and oxygen atoms in total. The number of benzene rings is 1. The van der Waals surface area contributed by atoms with Gasteiger partial charge in [0.25, 0.3) is 5.91 Å². The van der Waals surface area contributed by atoms with Crippen molar-refractivity contribution in [3.8, 4) is 0 Å². The molecule has 30 heavy (non-hydrogen) atoms. The van der Waals surface area contributed by atoms with Gasteiger partial charge in [-0.2, -0.15) is 18.3 Å². The minimum atomic E-state index is -4.55. The van der Waals surface area contributed by atoms with E-state index in [9.17, 15) is 18.0 Å². The fourth-order valence-electron chi connectivity index (χ4n) is 3.41. The zero-order valence-corrected chi connectivity index (χ0v) is 16.3. The zero-order valence-electron chi connectivity index (χ0n) is 15.5. The molecule has 1 amide bonds. The lowest BCUT2D eigenvalue weighted by atomic mass is 9.97. The number of hydrogen-bond donors (Lipinski definition) is 2. The van der Waals surface area contributed by atoms with Gasteiger partial charge in [-0.1, -0.05) is 48.0 Å². The number of amides is 1. The van der Waals surface area contributed by atoms with E-state index in [0.717, 1.165) is 10.2 Å². The molecule has 0 saturated heterocycles. The van der Waals surface area contributed by atoms with Crippen LogP contribution < -0.4 is 10.6 Å². The highest BCUT2D eigenvalue weighted by molar-refractivity contribution is 6.36. The zero-order chi connectivity index (χ0) is 21.3. The van der Waals surface area contributed by atoms with Crippen LogP contribution in [0.15, 0.2) is 54.9 Å². The number of fused-ring (bicyclic) bond motifs is 1. The van der Waals surface area contributed by atoms with Crippen LogP contribution in [0.4, 0.5) is 19.0 Å². The lowest BCUT2D eigenvalue weighted by Crippen LogP contribution is -2.35. The van der Waals surface area contributed by atoms with Gasteiger partial charge in [-0.25, -0.2) is 4.68 Å². The summed E-state index contributed by atoms with van der Waals surface area (Å²) in [6, 6.07) is 9.73. The second kappa shape index (κ2) is 7.98. The summed E-state index contributed by atoms with van der Waals surface area (Å²) >= 11 is 6.30. The van der Waals surface area contributed by atoms with E-state index >= 15 is 0 Å². The van der Waals surface area contributed by atoms with Crippen LogP contribution in [0.3, 0.4) is 0 Å². The van der Waals surface area contributed by atoms with Crippen LogP contribution in [0.1, 0.15) is 40.1 Å². The van der Waals surface area contributed by atoms with E-state index in [0.29, 0.717) is 5.56 Å². The molecule has 156 valence electrons. The Hall–Kier alpha value is -3.07. The molecule has 1 aromatic carbocycles. The van der Waals surface area contributed by atoms with Crippen LogP contribution in [-0.4, -0.2) is 26.8 Å². The van der Waals surface area contributed by atoms with Gasteiger partial charge in [-0.05, 0) is 17.2 Å². The van der Waals surface area contributed by atoms with E-state index in [1.165, 1.54) is 0 Å². The molecule has 1 aliphatic heterocycles. The Morgan fingerprint density at radius 3 is 2.67 bits per heavy atom. The van der Waals surface area contributed by atoms with E-state index in [1.54, 1.807) is 54.9 Å². The normalized spacial score (nSPS) is 18.4. The van der Waals surface area contributed by atoms with Crippen molar-refractivity contribution in [3.05, 3.63) is 76.7 Å². The van der Waals surface area contributed by atoms with Crippen LogP contribution in [-0.2, 0) is 6.54 Å². The molecule has 0 radical (unpaired) electrons. The first kappa shape index (κ1) is 20.2. The number of carbonyl (C=O) groups excluding carboxylic acids is 1. The largest absolute Gasteiger partial charge is 0.410 e. The van der Waals surface area contributed by atoms with Gasteiger partial charge in [0.05, 0.1) is 6.04 Å². The SMILES string of the molecule is O=C(NCc1cccnc1)c1nn2c(c1Cl)N[C@H](c1ccccc1)C[C@H]2C(F)(F)F. The van der Waals surface area contributed by atoms with Crippen molar-refractivity contribution >= 4 is 23.3 Å². The molecule has 0 fully saturated rings. The molecule has 2 aromatic heterocycles. The highest BCUT2D eigenvalue weighted by Gasteiger charge is 2.47. The predicted molar refractivity (Wildman–Crippen MR) is 105 cm³/mol. The maximum atomic E-state index is 13.8. The molecule has 1 aliphatic rings. The molecule has 2 atom stereocenters. The average molecular weight is 436 g/mol. The van der Waals surface area contributed by atoms with Crippen molar-refractivity contribution in [1.29, 1.82) is 0 Å². The van der Waals surface area contributed by atoms with Crippen molar-refractivity contribution in [2.45, 2.75) is 31.2 Å². The monoisotopic (exact) mass is 435 g/mol. The van der Waals surface area contributed by atoms with Gasteiger partial charge in [0.1, 0.15) is 10.8 Å². The molecule has 4 rings (SSSR count). The lowest BCUT2D eigenvalue weighted by molar-refractivity contribution is -0.173. The number of halogens is 4. The Labute approximate surface area is 175 Å². The molecule has 0 saturated carbocycles. The summed E-state index contributed by atoms with van der Waals surface area (Å²) in [7, 11) is 0. The van der Waals surface area contributed by atoms with Gasteiger partial charge in [-0.3, -0.25) is 9.78 Å². The summed E-state index contributed by atoms with van der Waals surface area (Å²) in [5, 5.41) is 9.39. The van der Waals surface area contributed by atoms with Crippen molar-refractivity contribution in [1.82, 2.24) is 20.1 Å². The summed E-state index contributed by atoms with van der Waals surface area (Å²) < 4.78 is 42.1. The van der Waals surface area contributed by atoms with Gasteiger partial charge in [0.2, 0.25) is 0 Å². The first-order valence-electron chi connectivity index (χ1n) is 9.18. The number of nitrogens with zero attached hydrogens (tertiary/aromatic N) is 3. The number of rotatable bonds is 4. The van der Waals surface area contributed by atoms with Gasteiger partial charge in [-0.15, -0.1) is 0 Å². The van der Waals surface area contributed by atoms with Gasteiger partial charge < -0.3 is 10.6 Å². The van der Waals surface area contributed by atoms with Crippen molar-refractivity contribution in [3.63, 3.8) is 0 Å². The van der Waals surface area contributed by atoms with Gasteiger partial charge >= 0.3 is 6.18 Å². The third-order valence-electron chi connectivity index (χ3n) is 4.89. The smallest absolute Gasteiger partial charge is 0.362 e. The minimum Gasteiger partial charge on any atom is -0.362 e. The predicted octanol–water partition coefficient (Wildman–Crippen LogP) is 4.52. The number of pyridine rings is 1. The lowest BCUT2D eigenvalue weighted by Gasteiger charge is -2.33. The van der Waals surface area contributed by atoms with E-state index in [2.05, 4.69) is 20.7 Å². The topological polar surface area (TPSA) is 71.8 Å². The van der Waals surface area contributed by atoms with Crippen LogP contribution in [0.5, 0.6) is 0 Å². The third-order valence-corrected chi connectivity index (χ3v) is 5.25. The summed E-state index contributed by atoms with van der Waals surface area (Å²) in [4.78, 5) is 16.5. The Balaban J connectivity index is 1.64. The van der Waals surface area contributed by atoms with E-state index in [1.807, 2.05) is 0 Å². The van der Waals surface area contributed by atoms with E-state index in [-0.39, 0.29) is 29.5 Å². The molecule has 0 aliphatic carbocycles. The number of nitrogens with one attached hydrogen (secondary N) is 2. The number of aromatic nitrogens is 3. The molecule has 2 N–H and O–H groups in total. The Bertz CT molecular complexity index is 1040. The van der Waals surface area contributed by atoms with Crippen molar-refractivity contribution in [2.75, 3.05) is 5.32 Å². The molecular formula is C20H17ClF3N5O. The van der Waals surface area contributed by atoms with Crippen LogP contribution in [0.25, 0.3) is 0 Å². The summed E-state index contributed by atoms with van der Waals surface area (Å²) in [6.07, 6.45) is -1.65. The first-order valence-corrected chi connectivity index (χ1v) is 9.55. The molecule has 0 unspecified atom stereocenters. The van der Waals surface area contributed by atoms with Crippen LogP contribution in [0, 0.1) is 0 Å². The Morgan fingerprint density at radius 1 is 1.23 bits per heavy atom. The molecule has 0 bridgehead atoms. The van der Waals surface area contributed by atoms with E-state index in [4.69, 9.17) is 11.6 Å². The first-order chi connectivity index (χ1) is 14.3. The third kappa shape index (κ3) is 3.97. The fourth-order valence-corrected chi connectivity index (χ4v) is 3.67. The second-order valence-electron chi connectivity index (χ2n) is 6.90. The number of carbonyl (C=O) groups is 1. The average Bonchev–Trinajstić information content (AvgIpc) is 3.08. The standard InChI is InChI=1S/C20H17ClF3N5O/c21-16-17(19(30)26-11-12-5-4-8-25-10-12)28-29-15(20(22,23)24)9-14(27-18(16)29)13-6-2-1-3-7-13/h1-8,10,14-15,27H,9,11H2,(H,26,30)/t14-,15-/m0/s1. The van der Waals surface area contributed by atoms with Crippen molar-refractivity contribution in [2.24, 2.45) is 0 Å². The molecular weight excluding hydrogens is 419 g/mol. The molecule has 10 heteroatoms. The van der Waals surface area contributed by atoms with Crippen LogP contribution in [0.2, 0.25) is 5.02 Å². The van der Waals surface area contributed by atoms with Crippen LogP contribution >= 0.6 is 11.6 Å². The molecule has 3 aromatic rings. The Kier molecular flexibility index (Phi) is 5.38. The minimum absolute atomic E-state index is 0.0226. The summed E-state index contributed by atoms with van der Waals surface area (Å²) in [5.41, 5.74) is 1.17. The number of alkyl halides is 3. The Morgan fingerprint density at radius 2 is 2.00 bits per heavy atom. The van der Waals surface area contributed by atoms with Gasteiger partial charge in [0.15, 0.2) is 11.7 Å². The van der Waals surface area contributed by atoms with Gasteiger partial charge in [0, 0.05) is 25.4 Å². The van der Waals surface area contributed by atoms with E-state index < -0.39 is 24.2 Å². The highest BCUT2D eigenvalue weighted by Crippen LogP contribution is 2.46. The number of hydrogen-bond acceptors (Lipinski definition) is 4. The maximum absolute atomic E-state index is 13.8. The summed E-state index contributed by atoms with van der Waals surface area (Å²) in [6.45, 7) is 0.147. The quantitative estimate of drug-likeness (QED) is 0.632. The molecule has 0 spiro atoms. The summed E-state index contributed by atoms with van der Waals surface area (Å²) in [5.74, 6) is -0.685. The maximum Gasteiger partial charge on any atom is 0.410 e. The second-order valence-corrected chi connectivity index (χ2v) is 7.28. The van der Waals surface area contributed by atoms with Crippen molar-refractivity contribution < 1.29 is 18.0 Å². The molecule has 3 heterocycles. The fraction of sp³-hybridized carbons (Fsp3) is 0.250. The number of anilines is 1.